The number of pyridine rings is 1. The standard InChI is InChI=1S/C27H27F6N5O5.C10H18O5/c1-3-25(34)12-17(22-19(38(25)24(40)41)4-5-21(37-22)42-2)23-35-13-20(43-7-6-39)18(36-23)10-14-8-15(26(28,29)30)11-16(9-14)27(31,32)33;1-9(2,7(11)12)5-15-6-10(3,4)8(13)14/h4-5,8-9,11,13,17,39H,3,6-7,10,12,34H2,1-2H3,(H,40,41);5-6H2,1-4H3,(H,11,12)(H,13,14)/t17-,25+;/m0./s1. The Kier molecular flexibility index (Phi) is 14.7. The van der Waals surface area contributed by atoms with E-state index in [4.69, 9.17) is 30.2 Å². The number of halogens is 6. The van der Waals surface area contributed by atoms with E-state index in [1.807, 2.05) is 0 Å². The van der Waals surface area contributed by atoms with Crippen molar-refractivity contribution in [2.45, 2.75) is 77.8 Å². The number of rotatable bonds is 14. The van der Waals surface area contributed by atoms with Crippen LogP contribution in [0.4, 0.5) is 36.8 Å². The normalized spacial score (nSPS) is 17.1. The topological polar surface area (TPSA) is 228 Å². The molecule has 15 nitrogen and oxygen atoms in total. The Morgan fingerprint density at radius 2 is 1.47 bits per heavy atom. The molecule has 3 aromatic rings. The number of aliphatic hydroxyl groups excluding tert-OH is 1. The molecule has 0 aliphatic carbocycles. The Bertz CT molecular complexity index is 1900. The number of hydrogen-bond acceptors (Lipinski definition) is 11. The van der Waals surface area contributed by atoms with Gasteiger partial charge in [-0.05, 0) is 70.4 Å². The highest BCUT2D eigenvalue weighted by atomic mass is 19.4. The molecule has 4 rings (SSSR count). The lowest BCUT2D eigenvalue weighted by Gasteiger charge is -2.45. The monoisotopic (exact) mass is 833 g/mol. The van der Waals surface area contributed by atoms with E-state index in [1.54, 1.807) is 6.92 Å². The molecular formula is C37H45F6N5O10. The van der Waals surface area contributed by atoms with Gasteiger partial charge in [0, 0.05) is 12.5 Å². The van der Waals surface area contributed by atoms with Crippen molar-refractivity contribution in [3.05, 3.63) is 70.4 Å². The molecule has 0 saturated heterocycles. The van der Waals surface area contributed by atoms with E-state index >= 15 is 0 Å². The number of aliphatic hydroxyl groups is 1. The maximum absolute atomic E-state index is 13.5. The van der Waals surface area contributed by atoms with Gasteiger partial charge >= 0.3 is 30.4 Å². The van der Waals surface area contributed by atoms with E-state index < -0.39 is 76.9 Å². The molecule has 2 atom stereocenters. The van der Waals surface area contributed by atoms with Crippen molar-refractivity contribution in [2.75, 3.05) is 38.4 Å². The first kappa shape index (κ1) is 47.1. The van der Waals surface area contributed by atoms with Gasteiger partial charge in [0.1, 0.15) is 18.1 Å². The number of ether oxygens (including phenoxy) is 3. The van der Waals surface area contributed by atoms with Gasteiger partial charge in [-0.25, -0.2) is 19.7 Å². The number of carboxylic acid groups (broad SMARTS) is 3. The maximum atomic E-state index is 13.5. The number of carbonyl (C=O) groups is 3. The Balaban J connectivity index is 0.000000509. The minimum absolute atomic E-state index is 0.000949. The zero-order chi connectivity index (χ0) is 44.0. The van der Waals surface area contributed by atoms with E-state index in [2.05, 4.69) is 15.0 Å². The SMILES string of the molecule is CC(C)(COCC(C)(C)C(=O)O)C(=O)O.CC[C@]1(N)C[C@H](c2ncc(OCCO)c(Cc3cc(C(F)(F)F)cc(C(F)(F)F)c3)n2)c2nc(OC)ccc2N1C(=O)O. The first-order chi connectivity index (χ1) is 26.7. The van der Waals surface area contributed by atoms with Crippen LogP contribution in [0.5, 0.6) is 11.6 Å². The molecule has 0 fully saturated rings. The number of benzene rings is 1. The Morgan fingerprint density at radius 1 is 0.914 bits per heavy atom. The number of alkyl halides is 6. The molecular weight excluding hydrogens is 788 g/mol. The van der Waals surface area contributed by atoms with Crippen LogP contribution in [0.3, 0.4) is 0 Å². The second-order valence-electron chi connectivity index (χ2n) is 14.7. The van der Waals surface area contributed by atoms with Crippen LogP contribution < -0.4 is 20.1 Å². The average Bonchev–Trinajstić information content (AvgIpc) is 3.12. The van der Waals surface area contributed by atoms with E-state index in [1.165, 1.54) is 53.1 Å². The predicted octanol–water partition coefficient (Wildman–Crippen LogP) is 6.19. The zero-order valence-corrected chi connectivity index (χ0v) is 32.4. The number of hydrogen-bond donors (Lipinski definition) is 5. The molecule has 58 heavy (non-hydrogen) atoms. The number of carboxylic acids is 2. The van der Waals surface area contributed by atoms with Gasteiger partial charge < -0.3 is 40.4 Å². The molecule has 0 radical (unpaired) electrons. The van der Waals surface area contributed by atoms with E-state index in [0.717, 1.165) is 4.90 Å². The van der Waals surface area contributed by atoms with Crippen LogP contribution in [0, 0.1) is 10.8 Å². The summed E-state index contributed by atoms with van der Waals surface area (Å²) in [7, 11) is 1.35. The number of methoxy groups -OCH3 is 1. The number of nitrogens with two attached hydrogens (primary N) is 1. The number of anilines is 1. The van der Waals surface area contributed by atoms with Gasteiger partial charge in [-0.1, -0.05) is 6.92 Å². The summed E-state index contributed by atoms with van der Waals surface area (Å²) in [5.74, 6) is -2.71. The second kappa shape index (κ2) is 18.1. The summed E-state index contributed by atoms with van der Waals surface area (Å²) in [5, 5.41) is 36.8. The van der Waals surface area contributed by atoms with Gasteiger partial charge in [0.05, 0.1) is 78.1 Å². The lowest BCUT2D eigenvalue weighted by molar-refractivity contribution is -0.155. The number of aromatic nitrogens is 3. The van der Waals surface area contributed by atoms with Crippen molar-refractivity contribution in [2.24, 2.45) is 16.6 Å². The van der Waals surface area contributed by atoms with Gasteiger partial charge in [-0.15, -0.1) is 0 Å². The molecule has 0 bridgehead atoms. The Morgan fingerprint density at radius 3 is 1.91 bits per heavy atom. The minimum Gasteiger partial charge on any atom is -0.488 e. The highest BCUT2D eigenvalue weighted by Gasteiger charge is 2.47. The first-order valence-electron chi connectivity index (χ1n) is 17.5. The Labute approximate surface area is 328 Å². The summed E-state index contributed by atoms with van der Waals surface area (Å²) in [6, 6.07) is 4.09. The van der Waals surface area contributed by atoms with E-state index in [9.17, 15) is 50.9 Å². The fourth-order valence-corrected chi connectivity index (χ4v) is 5.59. The van der Waals surface area contributed by atoms with Crippen LogP contribution in [-0.2, 0) is 33.1 Å². The number of aliphatic carboxylic acids is 2. The molecule has 3 heterocycles. The molecule has 1 aliphatic heterocycles. The summed E-state index contributed by atoms with van der Waals surface area (Å²) >= 11 is 0. The summed E-state index contributed by atoms with van der Waals surface area (Å²) in [5.41, 5.74) is 0.0210. The zero-order valence-electron chi connectivity index (χ0n) is 32.4. The smallest absolute Gasteiger partial charge is 0.416 e. The van der Waals surface area contributed by atoms with Crippen LogP contribution in [0.15, 0.2) is 36.5 Å². The quantitative estimate of drug-likeness (QED) is 0.114. The van der Waals surface area contributed by atoms with E-state index in [0.29, 0.717) is 12.1 Å². The summed E-state index contributed by atoms with van der Waals surface area (Å²) in [4.78, 5) is 47.8. The third-order valence-electron chi connectivity index (χ3n) is 9.07. The van der Waals surface area contributed by atoms with Crippen LogP contribution in [0.1, 0.15) is 87.3 Å². The Hall–Kier alpha value is -5.28. The molecule has 1 aromatic carbocycles. The maximum Gasteiger partial charge on any atom is 0.416 e. The fourth-order valence-electron chi connectivity index (χ4n) is 5.59. The van der Waals surface area contributed by atoms with Gasteiger partial charge in [-0.2, -0.15) is 26.3 Å². The van der Waals surface area contributed by atoms with Crippen LogP contribution in [-0.4, -0.2) is 92.6 Å². The number of fused-ring (bicyclic) bond motifs is 1. The first-order valence-corrected chi connectivity index (χ1v) is 17.5. The third kappa shape index (κ3) is 11.4. The van der Waals surface area contributed by atoms with Gasteiger partial charge in [0.25, 0.3) is 0 Å². The van der Waals surface area contributed by atoms with Crippen molar-refractivity contribution in [1.29, 1.82) is 0 Å². The van der Waals surface area contributed by atoms with E-state index in [-0.39, 0.29) is 78.8 Å². The van der Waals surface area contributed by atoms with Crippen molar-refractivity contribution in [1.82, 2.24) is 15.0 Å². The molecule has 320 valence electrons. The van der Waals surface area contributed by atoms with Crippen molar-refractivity contribution >= 4 is 23.7 Å². The lowest BCUT2D eigenvalue weighted by atomic mass is 9.83. The van der Waals surface area contributed by atoms with Gasteiger partial charge in [0.15, 0.2) is 5.75 Å². The highest BCUT2D eigenvalue weighted by Crippen LogP contribution is 2.45. The molecule has 2 aromatic heterocycles. The number of nitrogens with zero attached hydrogens (tertiary/aromatic N) is 4. The summed E-state index contributed by atoms with van der Waals surface area (Å²) in [6.07, 6.45) is -10.7. The predicted molar refractivity (Wildman–Crippen MR) is 192 cm³/mol. The van der Waals surface area contributed by atoms with Crippen LogP contribution in [0.25, 0.3) is 0 Å². The molecule has 0 unspecified atom stereocenters. The van der Waals surface area contributed by atoms with Crippen molar-refractivity contribution < 1.29 is 75.4 Å². The third-order valence-corrected chi connectivity index (χ3v) is 9.07. The molecule has 1 amide bonds. The van der Waals surface area contributed by atoms with Crippen LogP contribution >= 0.6 is 0 Å². The molecule has 0 saturated carbocycles. The summed E-state index contributed by atoms with van der Waals surface area (Å²) in [6.45, 7) is 7.10. The highest BCUT2D eigenvalue weighted by molar-refractivity contribution is 5.89. The molecule has 1 aliphatic rings. The summed E-state index contributed by atoms with van der Waals surface area (Å²) < 4.78 is 96.8. The van der Waals surface area contributed by atoms with Crippen molar-refractivity contribution in [3.8, 4) is 11.6 Å². The number of amides is 1. The van der Waals surface area contributed by atoms with Crippen molar-refractivity contribution in [3.63, 3.8) is 0 Å². The largest absolute Gasteiger partial charge is 0.488 e. The van der Waals surface area contributed by atoms with Crippen LogP contribution in [0.2, 0.25) is 0 Å². The lowest BCUT2D eigenvalue weighted by Crippen LogP contribution is -2.61. The molecule has 6 N–H and O–H groups in total. The van der Waals surface area contributed by atoms with Gasteiger partial charge in [-0.3, -0.25) is 14.5 Å². The fraction of sp³-hybridized carbons (Fsp3) is 0.514. The van der Waals surface area contributed by atoms with Gasteiger partial charge in [0.2, 0.25) is 5.88 Å². The second-order valence-corrected chi connectivity index (χ2v) is 14.7. The minimum atomic E-state index is -5.06. The molecule has 0 spiro atoms. The molecule has 21 heteroatoms. The average molecular weight is 834 g/mol.